The largest absolute Gasteiger partial charge is 0.355 e. The van der Waals surface area contributed by atoms with E-state index in [4.69, 9.17) is 0 Å². The number of aromatic amines is 1. The molecule has 0 unspecified atom stereocenters. The van der Waals surface area contributed by atoms with Gasteiger partial charge in [-0.15, -0.1) is 0 Å². The lowest BCUT2D eigenvalue weighted by molar-refractivity contribution is -0.121. The van der Waals surface area contributed by atoms with Crippen LogP contribution >= 0.6 is 0 Å². The lowest BCUT2D eigenvalue weighted by Crippen LogP contribution is -2.33. The zero-order valence-electron chi connectivity index (χ0n) is 14.8. The predicted octanol–water partition coefficient (Wildman–Crippen LogP) is 0.755. The van der Waals surface area contributed by atoms with Crippen LogP contribution in [-0.4, -0.2) is 41.8 Å². The molecule has 0 aliphatic rings. The second-order valence-corrected chi connectivity index (χ2v) is 6.34. The summed E-state index contributed by atoms with van der Waals surface area (Å²) in [7, 11) is 1.72. The second kappa shape index (κ2) is 7.02. The summed E-state index contributed by atoms with van der Waals surface area (Å²) in [6.45, 7) is 0.439. The summed E-state index contributed by atoms with van der Waals surface area (Å²) in [5.41, 5.74) is 2.18. The summed E-state index contributed by atoms with van der Waals surface area (Å²) in [5.74, 6) is 0.666. The van der Waals surface area contributed by atoms with Crippen molar-refractivity contribution < 1.29 is 4.79 Å². The molecule has 0 saturated carbocycles. The van der Waals surface area contributed by atoms with Gasteiger partial charge in [0.05, 0.1) is 17.2 Å². The first-order chi connectivity index (χ1) is 13.1. The average Bonchev–Trinajstić information content (AvgIpc) is 3.25. The number of aromatic nitrogens is 6. The third-order valence-electron chi connectivity index (χ3n) is 4.38. The molecule has 0 bridgehead atoms. The highest BCUT2D eigenvalue weighted by molar-refractivity contribution is 5.77. The van der Waals surface area contributed by atoms with Crippen LogP contribution in [0.3, 0.4) is 0 Å². The van der Waals surface area contributed by atoms with Gasteiger partial charge in [0.25, 0.3) is 5.56 Å². The van der Waals surface area contributed by atoms with E-state index in [0.717, 1.165) is 29.7 Å². The van der Waals surface area contributed by atoms with Crippen molar-refractivity contribution in [3.8, 4) is 0 Å². The van der Waals surface area contributed by atoms with Gasteiger partial charge in [0, 0.05) is 20.0 Å². The van der Waals surface area contributed by atoms with E-state index in [0.29, 0.717) is 17.6 Å². The van der Waals surface area contributed by atoms with Gasteiger partial charge in [-0.05, 0) is 18.6 Å². The van der Waals surface area contributed by atoms with Crippen LogP contribution in [0.2, 0.25) is 0 Å². The van der Waals surface area contributed by atoms with Crippen LogP contribution in [0, 0.1) is 0 Å². The van der Waals surface area contributed by atoms with Gasteiger partial charge in [0.15, 0.2) is 5.65 Å². The number of hydrogen-bond donors (Lipinski definition) is 2. The van der Waals surface area contributed by atoms with E-state index in [1.54, 1.807) is 7.05 Å². The van der Waals surface area contributed by atoms with E-state index in [1.165, 1.54) is 21.8 Å². The van der Waals surface area contributed by atoms with Crippen molar-refractivity contribution in [1.82, 2.24) is 34.6 Å². The summed E-state index contributed by atoms with van der Waals surface area (Å²) in [6, 6.07) is 7.86. The molecule has 0 aliphatic heterocycles. The summed E-state index contributed by atoms with van der Waals surface area (Å²) in [6.07, 6.45) is 4.32. The maximum absolute atomic E-state index is 12.4. The van der Waals surface area contributed by atoms with Gasteiger partial charge in [-0.1, -0.05) is 12.1 Å². The Morgan fingerprint density at radius 3 is 3.00 bits per heavy atom. The number of benzene rings is 1. The molecule has 0 saturated heterocycles. The Hall–Kier alpha value is -3.49. The first-order valence-electron chi connectivity index (χ1n) is 8.69. The summed E-state index contributed by atoms with van der Waals surface area (Å²) < 4.78 is 2.82. The minimum atomic E-state index is -0.273. The van der Waals surface area contributed by atoms with Gasteiger partial charge in [-0.2, -0.15) is 5.10 Å². The lowest BCUT2D eigenvalue weighted by atomic mass is 10.3. The van der Waals surface area contributed by atoms with E-state index >= 15 is 0 Å². The minimum absolute atomic E-state index is 0.0681. The molecule has 1 aromatic carbocycles. The quantitative estimate of drug-likeness (QED) is 0.490. The van der Waals surface area contributed by atoms with Crippen molar-refractivity contribution in [3.05, 3.63) is 53.0 Å². The van der Waals surface area contributed by atoms with Crippen LogP contribution in [-0.2, 0) is 24.8 Å². The molecule has 0 radical (unpaired) electrons. The van der Waals surface area contributed by atoms with E-state index in [1.807, 2.05) is 24.3 Å². The van der Waals surface area contributed by atoms with Crippen molar-refractivity contribution >= 4 is 28.0 Å². The molecule has 2 N–H and O–H groups in total. The number of aryl methyl sites for hydroxylation is 2. The zero-order valence-corrected chi connectivity index (χ0v) is 14.8. The Bertz CT molecular complexity index is 1140. The predicted molar refractivity (Wildman–Crippen MR) is 100 cm³/mol. The molecule has 27 heavy (non-hydrogen) atoms. The summed E-state index contributed by atoms with van der Waals surface area (Å²) in [4.78, 5) is 36.4. The molecule has 9 heteroatoms. The van der Waals surface area contributed by atoms with Crippen LogP contribution in [0.25, 0.3) is 22.1 Å². The Balaban J connectivity index is 1.31. The molecule has 4 rings (SSSR count). The number of carbonyl (C=O) groups excluding carboxylic acids is 1. The zero-order chi connectivity index (χ0) is 18.8. The van der Waals surface area contributed by atoms with Crippen LogP contribution in [0.1, 0.15) is 12.2 Å². The minimum Gasteiger partial charge on any atom is -0.355 e. The lowest BCUT2D eigenvalue weighted by Gasteiger charge is -2.07. The Morgan fingerprint density at radius 2 is 2.15 bits per heavy atom. The van der Waals surface area contributed by atoms with E-state index < -0.39 is 0 Å². The number of fused-ring (bicyclic) bond motifs is 2. The van der Waals surface area contributed by atoms with Crippen molar-refractivity contribution in [2.45, 2.75) is 19.4 Å². The number of nitrogens with zero attached hydrogens (tertiary/aromatic N) is 5. The highest BCUT2D eigenvalue weighted by atomic mass is 16.2. The highest BCUT2D eigenvalue weighted by Gasteiger charge is 2.10. The molecule has 0 spiro atoms. The maximum atomic E-state index is 12.4. The molecule has 9 nitrogen and oxygen atoms in total. The standard InChI is InChI=1S/C18H19N7O2/c1-24-17-12(9-21-24)18(27)25(11-20-17)10-16(26)19-8-4-7-15-22-13-5-2-3-6-14(13)23-15/h2-3,5-6,9,11H,4,7-8,10H2,1H3,(H,19,26)(H,22,23). The number of imidazole rings is 1. The van der Waals surface area contributed by atoms with Crippen LogP contribution < -0.4 is 10.9 Å². The van der Waals surface area contributed by atoms with Crippen molar-refractivity contribution in [3.63, 3.8) is 0 Å². The number of nitrogens with one attached hydrogen (secondary N) is 2. The molecular formula is C18H19N7O2. The topological polar surface area (TPSA) is 110 Å². The fraction of sp³-hybridized carbons (Fsp3) is 0.278. The Labute approximate surface area is 154 Å². The van der Waals surface area contributed by atoms with Crippen LogP contribution in [0.5, 0.6) is 0 Å². The highest BCUT2D eigenvalue weighted by Crippen LogP contribution is 2.11. The SMILES string of the molecule is Cn1ncc2c(=O)n(CC(=O)NCCCc3nc4ccccc4[nH]3)cnc21. The van der Waals surface area contributed by atoms with E-state index in [2.05, 4.69) is 25.4 Å². The Morgan fingerprint density at radius 1 is 1.30 bits per heavy atom. The average molecular weight is 365 g/mol. The van der Waals surface area contributed by atoms with Crippen molar-refractivity contribution in [2.24, 2.45) is 7.05 Å². The van der Waals surface area contributed by atoms with Crippen molar-refractivity contribution in [1.29, 1.82) is 0 Å². The molecule has 3 aromatic heterocycles. The maximum Gasteiger partial charge on any atom is 0.264 e. The molecule has 138 valence electrons. The number of rotatable bonds is 6. The number of para-hydroxylation sites is 2. The van der Waals surface area contributed by atoms with Gasteiger partial charge in [0.1, 0.15) is 24.1 Å². The number of H-pyrrole nitrogens is 1. The fourth-order valence-electron chi connectivity index (χ4n) is 3.00. The van der Waals surface area contributed by atoms with E-state index in [9.17, 15) is 9.59 Å². The molecule has 4 aromatic rings. The van der Waals surface area contributed by atoms with Gasteiger partial charge in [0.2, 0.25) is 5.91 Å². The van der Waals surface area contributed by atoms with Crippen LogP contribution in [0.15, 0.2) is 41.6 Å². The van der Waals surface area contributed by atoms with Gasteiger partial charge in [-0.25, -0.2) is 9.97 Å². The third-order valence-corrected chi connectivity index (χ3v) is 4.38. The molecule has 0 atom stereocenters. The molecule has 0 fully saturated rings. The number of carbonyl (C=O) groups is 1. The normalized spacial score (nSPS) is 11.3. The molecule has 3 heterocycles. The number of hydrogen-bond acceptors (Lipinski definition) is 5. The first-order valence-corrected chi connectivity index (χ1v) is 8.69. The first kappa shape index (κ1) is 17.0. The van der Waals surface area contributed by atoms with Crippen molar-refractivity contribution in [2.75, 3.05) is 6.54 Å². The fourth-order valence-corrected chi connectivity index (χ4v) is 3.00. The van der Waals surface area contributed by atoms with Crippen LogP contribution in [0.4, 0.5) is 0 Å². The smallest absolute Gasteiger partial charge is 0.264 e. The van der Waals surface area contributed by atoms with E-state index in [-0.39, 0.29) is 18.0 Å². The van der Waals surface area contributed by atoms with Gasteiger partial charge >= 0.3 is 0 Å². The molecule has 0 aliphatic carbocycles. The molecular weight excluding hydrogens is 346 g/mol. The monoisotopic (exact) mass is 365 g/mol. The van der Waals surface area contributed by atoms with Gasteiger partial charge in [-0.3, -0.25) is 18.8 Å². The summed E-state index contributed by atoms with van der Waals surface area (Å²) in [5, 5.41) is 7.24. The second-order valence-electron chi connectivity index (χ2n) is 6.34. The third kappa shape index (κ3) is 3.43. The number of amides is 1. The Kier molecular flexibility index (Phi) is 4.41. The summed E-state index contributed by atoms with van der Waals surface area (Å²) >= 11 is 0. The molecule has 1 amide bonds. The van der Waals surface area contributed by atoms with Gasteiger partial charge < -0.3 is 10.3 Å².